The lowest BCUT2D eigenvalue weighted by Crippen LogP contribution is -2.58. The van der Waals surface area contributed by atoms with E-state index in [1.807, 2.05) is 90.9 Å². The van der Waals surface area contributed by atoms with Crippen molar-refractivity contribution in [1.82, 2.24) is 19.4 Å². The number of amides is 2. The monoisotopic (exact) mass is 586 g/mol. The van der Waals surface area contributed by atoms with E-state index in [2.05, 4.69) is 4.98 Å². The third-order valence-electron chi connectivity index (χ3n) is 8.48. The van der Waals surface area contributed by atoms with Crippen LogP contribution in [0.15, 0.2) is 67.0 Å². The average molecular weight is 587 g/mol. The summed E-state index contributed by atoms with van der Waals surface area (Å²) in [6, 6.07) is 18.9. The number of carbonyl (C=O) groups excluding carboxylic acids is 3. The number of imidazole rings is 1. The van der Waals surface area contributed by atoms with Crippen molar-refractivity contribution in [2.45, 2.75) is 82.6 Å². The molecule has 0 spiro atoms. The maximum atomic E-state index is 14.5. The van der Waals surface area contributed by atoms with Crippen molar-refractivity contribution in [1.29, 1.82) is 0 Å². The first-order chi connectivity index (χ1) is 20.6. The predicted molar refractivity (Wildman–Crippen MR) is 164 cm³/mol. The number of nitrogens with zero attached hydrogens (tertiary/aromatic N) is 4. The number of ether oxygens (including phenoxy) is 1. The Morgan fingerprint density at radius 1 is 1.05 bits per heavy atom. The minimum atomic E-state index is -1.21. The number of aromatic nitrogens is 2. The Hall–Kier alpha value is -3.98. The van der Waals surface area contributed by atoms with E-state index in [4.69, 9.17) is 4.74 Å². The molecule has 228 valence electrons. The van der Waals surface area contributed by atoms with E-state index in [0.717, 1.165) is 30.3 Å². The first-order valence-corrected chi connectivity index (χ1v) is 15.2. The third kappa shape index (κ3) is 6.82. The summed E-state index contributed by atoms with van der Waals surface area (Å²) in [5.74, 6) is -0.225. The molecule has 1 aliphatic heterocycles. The second kappa shape index (κ2) is 12.7. The minimum Gasteiger partial charge on any atom is -0.444 e. The molecule has 1 saturated heterocycles. The van der Waals surface area contributed by atoms with E-state index in [9.17, 15) is 19.5 Å². The maximum absolute atomic E-state index is 14.5. The molecular weight excluding hydrogens is 544 g/mol. The summed E-state index contributed by atoms with van der Waals surface area (Å²) in [4.78, 5) is 47.3. The first kappa shape index (κ1) is 30.5. The maximum Gasteiger partial charge on any atom is 0.410 e. The van der Waals surface area contributed by atoms with Gasteiger partial charge >= 0.3 is 6.09 Å². The van der Waals surface area contributed by atoms with Gasteiger partial charge in [0.05, 0.1) is 29.7 Å². The molecule has 9 heteroatoms. The van der Waals surface area contributed by atoms with Crippen molar-refractivity contribution in [2.24, 2.45) is 0 Å². The molecule has 1 N–H and O–H groups in total. The molecule has 0 radical (unpaired) electrons. The second-order valence-electron chi connectivity index (χ2n) is 12.7. The topological polar surface area (TPSA) is 105 Å². The molecule has 2 aromatic carbocycles. The summed E-state index contributed by atoms with van der Waals surface area (Å²) in [5, 5.41) is 11.6. The van der Waals surface area contributed by atoms with Crippen LogP contribution in [-0.4, -0.2) is 79.6 Å². The standard InChI is InChI=1S/C34H42N4O5/c1-33(2,3)43-32(41)36-19-20-37(27(23-36)22-25-12-6-4-7-13-25)31(40)29-30(26-14-8-5-9-15-26)38(24-35-29)28-16-10-11-17-34(28,42)18-21-39/h4-9,12-15,21,24,27-28,42H,10-11,16-20,22-23H2,1-3H3/t27-,28+,34?/m1/s1. The van der Waals surface area contributed by atoms with E-state index >= 15 is 0 Å². The number of piperazine rings is 1. The molecule has 5 rings (SSSR count). The molecule has 1 aliphatic carbocycles. The first-order valence-electron chi connectivity index (χ1n) is 15.2. The molecule has 2 aliphatic rings. The van der Waals surface area contributed by atoms with Crippen molar-refractivity contribution < 1.29 is 24.2 Å². The quantitative estimate of drug-likeness (QED) is 0.377. The van der Waals surface area contributed by atoms with Crippen LogP contribution in [0.3, 0.4) is 0 Å². The number of rotatable bonds is 7. The van der Waals surface area contributed by atoms with Gasteiger partial charge in [-0.3, -0.25) is 4.79 Å². The van der Waals surface area contributed by atoms with Gasteiger partial charge < -0.3 is 29.0 Å². The van der Waals surface area contributed by atoms with Gasteiger partial charge in [-0.1, -0.05) is 73.5 Å². The summed E-state index contributed by atoms with van der Waals surface area (Å²) < 4.78 is 7.57. The molecule has 3 atom stereocenters. The number of benzene rings is 2. The number of hydrogen-bond acceptors (Lipinski definition) is 6. The van der Waals surface area contributed by atoms with Crippen LogP contribution in [0.1, 0.15) is 75.0 Å². The Morgan fingerprint density at radius 3 is 2.42 bits per heavy atom. The summed E-state index contributed by atoms with van der Waals surface area (Å²) in [7, 11) is 0. The minimum absolute atomic E-state index is 0.0269. The molecule has 2 amide bonds. The van der Waals surface area contributed by atoms with Crippen LogP contribution >= 0.6 is 0 Å². The highest BCUT2D eigenvalue weighted by Crippen LogP contribution is 2.42. The third-order valence-corrected chi connectivity index (χ3v) is 8.48. The van der Waals surface area contributed by atoms with Crippen LogP contribution in [0.25, 0.3) is 11.3 Å². The Bertz CT molecular complexity index is 1420. The van der Waals surface area contributed by atoms with E-state index in [1.54, 1.807) is 11.2 Å². The van der Waals surface area contributed by atoms with Gasteiger partial charge in [-0.15, -0.1) is 0 Å². The van der Waals surface area contributed by atoms with Crippen LogP contribution < -0.4 is 0 Å². The van der Waals surface area contributed by atoms with Gasteiger partial charge in [-0.2, -0.15) is 0 Å². The van der Waals surface area contributed by atoms with Crippen LogP contribution in [-0.2, 0) is 16.0 Å². The molecule has 1 saturated carbocycles. The average Bonchev–Trinajstić information content (AvgIpc) is 3.42. The number of hydrogen-bond donors (Lipinski definition) is 1. The van der Waals surface area contributed by atoms with Crippen LogP contribution in [0.4, 0.5) is 4.79 Å². The summed E-state index contributed by atoms with van der Waals surface area (Å²) in [6.45, 7) is 6.53. The van der Waals surface area contributed by atoms with E-state index in [1.165, 1.54) is 0 Å². The van der Waals surface area contributed by atoms with Crippen LogP contribution in [0.2, 0.25) is 0 Å². The van der Waals surface area contributed by atoms with Gasteiger partial charge in [-0.05, 0) is 45.6 Å². The van der Waals surface area contributed by atoms with Gasteiger partial charge in [0, 0.05) is 31.6 Å². The highest BCUT2D eigenvalue weighted by atomic mass is 16.6. The van der Waals surface area contributed by atoms with Gasteiger partial charge in [0.15, 0.2) is 5.69 Å². The second-order valence-corrected chi connectivity index (χ2v) is 12.7. The van der Waals surface area contributed by atoms with Gasteiger partial charge in [0.2, 0.25) is 0 Å². The number of aldehydes is 1. The highest BCUT2D eigenvalue weighted by molar-refractivity contribution is 5.98. The molecule has 2 heterocycles. The van der Waals surface area contributed by atoms with E-state index < -0.39 is 17.3 Å². The summed E-state index contributed by atoms with van der Waals surface area (Å²) in [6.07, 6.45) is 5.56. The van der Waals surface area contributed by atoms with Crippen molar-refractivity contribution in [3.8, 4) is 11.3 Å². The van der Waals surface area contributed by atoms with Crippen molar-refractivity contribution in [2.75, 3.05) is 19.6 Å². The Morgan fingerprint density at radius 2 is 1.74 bits per heavy atom. The van der Waals surface area contributed by atoms with E-state index in [-0.39, 0.29) is 24.4 Å². The zero-order valence-corrected chi connectivity index (χ0v) is 25.3. The molecular formula is C34H42N4O5. The van der Waals surface area contributed by atoms with Crippen LogP contribution in [0.5, 0.6) is 0 Å². The molecule has 2 fully saturated rings. The zero-order chi connectivity index (χ0) is 30.6. The fraction of sp³-hybridized carbons (Fsp3) is 0.471. The number of carbonyl (C=O) groups is 3. The molecule has 0 bridgehead atoms. The van der Waals surface area contributed by atoms with Gasteiger partial charge in [0.1, 0.15) is 11.9 Å². The normalized spacial score (nSPS) is 22.7. The fourth-order valence-corrected chi connectivity index (χ4v) is 6.43. The lowest BCUT2D eigenvalue weighted by atomic mass is 9.78. The predicted octanol–water partition coefficient (Wildman–Crippen LogP) is 5.29. The number of aliphatic hydroxyl groups is 1. The largest absolute Gasteiger partial charge is 0.444 e. The lowest BCUT2D eigenvalue weighted by Gasteiger charge is -2.42. The Labute approximate surface area is 253 Å². The lowest BCUT2D eigenvalue weighted by molar-refractivity contribution is -0.116. The van der Waals surface area contributed by atoms with Gasteiger partial charge in [0.25, 0.3) is 5.91 Å². The van der Waals surface area contributed by atoms with Crippen LogP contribution in [0, 0.1) is 0 Å². The van der Waals surface area contributed by atoms with E-state index in [0.29, 0.717) is 50.3 Å². The highest BCUT2D eigenvalue weighted by Gasteiger charge is 2.42. The van der Waals surface area contributed by atoms with Crippen molar-refractivity contribution in [3.05, 3.63) is 78.2 Å². The molecule has 3 aromatic rings. The Balaban J connectivity index is 1.52. The SMILES string of the molecule is CC(C)(C)OC(=O)N1CCN(C(=O)c2ncn([C@H]3CCCCC3(O)CC=O)c2-c2ccccc2)[C@H](Cc2ccccc2)C1. The molecule has 1 aromatic heterocycles. The molecule has 1 unspecified atom stereocenters. The Kier molecular flexibility index (Phi) is 9.01. The fourth-order valence-electron chi connectivity index (χ4n) is 6.43. The van der Waals surface area contributed by atoms with Crippen molar-refractivity contribution >= 4 is 18.3 Å². The smallest absolute Gasteiger partial charge is 0.410 e. The summed E-state index contributed by atoms with van der Waals surface area (Å²) >= 11 is 0. The van der Waals surface area contributed by atoms with Gasteiger partial charge in [-0.25, -0.2) is 9.78 Å². The summed E-state index contributed by atoms with van der Waals surface area (Å²) in [5.41, 5.74) is 0.977. The van der Waals surface area contributed by atoms with Crippen molar-refractivity contribution in [3.63, 3.8) is 0 Å². The molecule has 43 heavy (non-hydrogen) atoms. The molecule has 9 nitrogen and oxygen atoms in total. The zero-order valence-electron chi connectivity index (χ0n) is 25.3.